The quantitative estimate of drug-likeness (QED) is 0.859. The van der Waals surface area contributed by atoms with E-state index in [9.17, 15) is 0 Å². The first-order valence-corrected chi connectivity index (χ1v) is 6.55. The van der Waals surface area contributed by atoms with Crippen molar-refractivity contribution in [1.29, 1.82) is 0 Å². The molecule has 0 aromatic carbocycles. The lowest BCUT2D eigenvalue weighted by molar-refractivity contribution is 0.403. The van der Waals surface area contributed by atoms with Crippen LogP contribution < -0.4 is 10.2 Å². The van der Waals surface area contributed by atoms with E-state index in [1.165, 1.54) is 19.3 Å². The SMILES string of the molecule is CCc1cc(N(C)CC2CCCCN2)ncn1. The van der Waals surface area contributed by atoms with E-state index in [1.54, 1.807) is 6.33 Å². The van der Waals surface area contributed by atoms with E-state index in [2.05, 4.69) is 40.2 Å². The number of nitrogens with one attached hydrogen (secondary N) is 1. The van der Waals surface area contributed by atoms with Crippen LogP contribution in [0.15, 0.2) is 12.4 Å². The number of hydrogen-bond acceptors (Lipinski definition) is 4. The van der Waals surface area contributed by atoms with E-state index in [0.29, 0.717) is 6.04 Å². The molecule has 1 fully saturated rings. The van der Waals surface area contributed by atoms with Gasteiger partial charge in [0.15, 0.2) is 0 Å². The third-order valence-electron chi connectivity index (χ3n) is 3.37. The molecule has 2 rings (SSSR count). The number of hydrogen-bond donors (Lipinski definition) is 1. The van der Waals surface area contributed by atoms with Gasteiger partial charge in [0.25, 0.3) is 0 Å². The fourth-order valence-electron chi connectivity index (χ4n) is 2.29. The summed E-state index contributed by atoms with van der Waals surface area (Å²) in [7, 11) is 2.11. The molecule has 0 aliphatic carbocycles. The van der Waals surface area contributed by atoms with Gasteiger partial charge in [-0.25, -0.2) is 9.97 Å². The predicted molar refractivity (Wildman–Crippen MR) is 70.3 cm³/mol. The van der Waals surface area contributed by atoms with E-state index < -0.39 is 0 Å². The molecule has 2 heterocycles. The number of anilines is 1. The minimum absolute atomic E-state index is 0.605. The minimum atomic E-state index is 0.605. The molecule has 0 amide bonds. The highest BCUT2D eigenvalue weighted by Crippen LogP contribution is 2.13. The largest absolute Gasteiger partial charge is 0.358 e. The molecule has 94 valence electrons. The Morgan fingerprint density at radius 3 is 3.00 bits per heavy atom. The maximum atomic E-state index is 4.34. The van der Waals surface area contributed by atoms with Crippen LogP contribution in [0.2, 0.25) is 0 Å². The van der Waals surface area contributed by atoms with Crippen molar-refractivity contribution < 1.29 is 0 Å². The van der Waals surface area contributed by atoms with Crippen molar-refractivity contribution in [3.8, 4) is 0 Å². The molecular weight excluding hydrogens is 212 g/mol. The standard InChI is InChI=1S/C13H22N4/c1-3-11-8-13(16-10-15-11)17(2)9-12-6-4-5-7-14-12/h8,10,12,14H,3-7,9H2,1-2H3. The highest BCUT2D eigenvalue weighted by molar-refractivity contribution is 5.38. The molecule has 1 saturated heterocycles. The Balaban J connectivity index is 1.95. The monoisotopic (exact) mass is 234 g/mol. The fraction of sp³-hybridized carbons (Fsp3) is 0.692. The Morgan fingerprint density at radius 1 is 1.41 bits per heavy atom. The number of aryl methyl sites for hydroxylation is 1. The Labute approximate surface area is 103 Å². The smallest absolute Gasteiger partial charge is 0.131 e. The molecule has 0 spiro atoms. The van der Waals surface area contributed by atoms with E-state index in [0.717, 1.165) is 31.0 Å². The molecule has 0 bridgehead atoms. The van der Waals surface area contributed by atoms with Crippen molar-refractivity contribution in [2.75, 3.05) is 25.0 Å². The van der Waals surface area contributed by atoms with Crippen molar-refractivity contribution in [2.45, 2.75) is 38.6 Å². The first kappa shape index (κ1) is 12.3. The second kappa shape index (κ2) is 5.96. The predicted octanol–water partition coefficient (Wildman–Crippen LogP) is 1.62. The van der Waals surface area contributed by atoms with Crippen LogP contribution in [-0.2, 0) is 6.42 Å². The van der Waals surface area contributed by atoms with Crippen LogP contribution in [0, 0.1) is 0 Å². The van der Waals surface area contributed by atoms with Crippen molar-refractivity contribution >= 4 is 5.82 Å². The summed E-state index contributed by atoms with van der Waals surface area (Å²) < 4.78 is 0. The zero-order valence-corrected chi connectivity index (χ0v) is 10.8. The lowest BCUT2D eigenvalue weighted by atomic mass is 10.0. The van der Waals surface area contributed by atoms with Gasteiger partial charge in [-0.2, -0.15) is 0 Å². The zero-order chi connectivity index (χ0) is 12.1. The Bertz CT molecular complexity index is 347. The molecule has 0 saturated carbocycles. The van der Waals surface area contributed by atoms with Gasteiger partial charge in [0.2, 0.25) is 0 Å². The van der Waals surface area contributed by atoms with Gasteiger partial charge in [-0.3, -0.25) is 0 Å². The fourth-order valence-corrected chi connectivity index (χ4v) is 2.29. The summed E-state index contributed by atoms with van der Waals surface area (Å²) in [6.45, 7) is 4.30. The average molecular weight is 234 g/mol. The van der Waals surface area contributed by atoms with Gasteiger partial charge in [-0.15, -0.1) is 0 Å². The summed E-state index contributed by atoms with van der Waals surface area (Å²) in [5, 5.41) is 3.56. The highest BCUT2D eigenvalue weighted by atomic mass is 15.2. The minimum Gasteiger partial charge on any atom is -0.358 e. The van der Waals surface area contributed by atoms with Crippen molar-refractivity contribution in [3.05, 3.63) is 18.1 Å². The molecule has 1 N–H and O–H groups in total. The third-order valence-corrected chi connectivity index (χ3v) is 3.37. The first-order valence-electron chi connectivity index (χ1n) is 6.55. The summed E-state index contributed by atoms with van der Waals surface area (Å²) in [4.78, 5) is 10.8. The van der Waals surface area contributed by atoms with Crippen LogP contribution in [0.4, 0.5) is 5.82 Å². The molecule has 1 unspecified atom stereocenters. The second-order valence-corrected chi connectivity index (χ2v) is 4.75. The van der Waals surface area contributed by atoms with Crippen molar-refractivity contribution in [3.63, 3.8) is 0 Å². The van der Waals surface area contributed by atoms with Crippen LogP contribution in [0.25, 0.3) is 0 Å². The normalized spacial score (nSPS) is 20.2. The van der Waals surface area contributed by atoms with E-state index in [4.69, 9.17) is 0 Å². The molecule has 17 heavy (non-hydrogen) atoms. The number of piperidine rings is 1. The van der Waals surface area contributed by atoms with Crippen LogP contribution in [0.1, 0.15) is 31.9 Å². The van der Waals surface area contributed by atoms with Gasteiger partial charge in [-0.05, 0) is 25.8 Å². The Morgan fingerprint density at radius 2 is 2.29 bits per heavy atom. The topological polar surface area (TPSA) is 41.0 Å². The highest BCUT2D eigenvalue weighted by Gasteiger charge is 2.15. The van der Waals surface area contributed by atoms with Gasteiger partial charge in [0.1, 0.15) is 12.1 Å². The van der Waals surface area contributed by atoms with Gasteiger partial charge in [-0.1, -0.05) is 13.3 Å². The van der Waals surface area contributed by atoms with Gasteiger partial charge >= 0.3 is 0 Å². The number of aromatic nitrogens is 2. The number of rotatable bonds is 4. The van der Waals surface area contributed by atoms with E-state index in [-0.39, 0.29) is 0 Å². The molecule has 1 aromatic rings. The third kappa shape index (κ3) is 3.40. The molecule has 0 radical (unpaired) electrons. The molecule has 1 aliphatic heterocycles. The lowest BCUT2D eigenvalue weighted by Gasteiger charge is -2.28. The van der Waals surface area contributed by atoms with Crippen LogP contribution >= 0.6 is 0 Å². The maximum absolute atomic E-state index is 4.34. The maximum Gasteiger partial charge on any atom is 0.131 e. The zero-order valence-electron chi connectivity index (χ0n) is 10.8. The van der Waals surface area contributed by atoms with Crippen molar-refractivity contribution in [2.24, 2.45) is 0 Å². The van der Waals surface area contributed by atoms with Gasteiger partial charge in [0, 0.05) is 31.4 Å². The molecular formula is C13H22N4. The number of likely N-dealkylation sites (N-methyl/N-ethyl adjacent to an activating group) is 1. The van der Waals surface area contributed by atoms with Crippen LogP contribution in [0.3, 0.4) is 0 Å². The Kier molecular flexibility index (Phi) is 4.31. The average Bonchev–Trinajstić information content (AvgIpc) is 2.40. The van der Waals surface area contributed by atoms with Crippen LogP contribution in [-0.4, -0.2) is 36.1 Å². The molecule has 1 aromatic heterocycles. The molecule has 1 aliphatic rings. The number of nitrogens with zero attached hydrogens (tertiary/aromatic N) is 3. The lowest BCUT2D eigenvalue weighted by Crippen LogP contribution is -2.42. The van der Waals surface area contributed by atoms with Crippen molar-refractivity contribution in [1.82, 2.24) is 15.3 Å². The molecule has 4 heteroatoms. The first-order chi connectivity index (χ1) is 8.29. The summed E-state index contributed by atoms with van der Waals surface area (Å²) in [6, 6.07) is 2.69. The summed E-state index contributed by atoms with van der Waals surface area (Å²) in [6.07, 6.45) is 6.56. The molecule has 4 nitrogen and oxygen atoms in total. The summed E-state index contributed by atoms with van der Waals surface area (Å²) in [5.74, 6) is 1.03. The van der Waals surface area contributed by atoms with Gasteiger partial charge in [0.05, 0.1) is 0 Å². The Hall–Kier alpha value is -1.16. The van der Waals surface area contributed by atoms with Crippen LogP contribution in [0.5, 0.6) is 0 Å². The molecule has 1 atom stereocenters. The van der Waals surface area contributed by atoms with E-state index >= 15 is 0 Å². The second-order valence-electron chi connectivity index (χ2n) is 4.75. The summed E-state index contributed by atoms with van der Waals surface area (Å²) in [5.41, 5.74) is 1.11. The van der Waals surface area contributed by atoms with Gasteiger partial charge < -0.3 is 10.2 Å². The summed E-state index contributed by atoms with van der Waals surface area (Å²) >= 11 is 0. The van der Waals surface area contributed by atoms with E-state index in [1.807, 2.05) is 0 Å².